The number of hydrogen-bond donors (Lipinski definition) is 1. The molecule has 2 bridgehead atoms. The number of benzene rings is 2. The van der Waals surface area contributed by atoms with Crippen molar-refractivity contribution in [2.24, 2.45) is 11.8 Å². The monoisotopic (exact) mass is 560 g/mol. The van der Waals surface area contributed by atoms with Gasteiger partial charge in [-0.2, -0.15) is 0 Å². The van der Waals surface area contributed by atoms with E-state index in [0.717, 1.165) is 48.7 Å². The number of hydrogen-bond acceptors (Lipinski definition) is 6. The van der Waals surface area contributed by atoms with Crippen molar-refractivity contribution in [2.45, 2.75) is 38.8 Å². The molecule has 1 N–H and O–H groups in total. The molecule has 0 aliphatic carbocycles. The maximum absolute atomic E-state index is 13.7. The highest BCUT2D eigenvalue weighted by molar-refractivity contribution is 5.79. The highest BCUT2D eigenvalue weighted by atomic mass is 16.5. The fourth-order valence-electron chi connectivity index (χ4n) is 6.23. The first kappa shape index (κ1) is 29.1. The highest BCUT2D eigenvalue weighted by Gasteiger charge is 2.32. The molecular formula is C33H44N4O4. The van der Waals surface area contributed by atoms with Crippen molar-refractivity contribution in [1.82, 2.24) is 20.0 Å². The summed E-state index contributed by atoms with van der Waals surface area (Å²) in [6.07, 6.45) is 8.05. The number of nitrogens with one attached hydrogen (secondary N) is 1. The Bertz CT molecular complexity index is 1180. The molecule has 0 saturated carbocycles. The van der Waals surface area contributed by atoms with Crippen molar-refractivity contribution >= 4 is 11.8 Å². The average Bonchev–Trinajstić information content (AvgIpc) is 3.50. The van der Waals surface area contributed by atoms with Crippen LogP contribution in [-0.2, 0) is 22.7 Å². The number of nitrogens with zero attached hydrogens (tertiary/aromatic N) is 3. The molecule has 3 aliphatic rings. The average molecular weight is 561 g/mol. The summed E-state index contributed by atoms with van der Waals surface area (Å²) < 4.78 is 11.5. The maximum atomic E-state index is 13.7. The molecule has 8 heteroatoms. The summed E-state index contributed by atoms with van der Waals surface area (Å²) in [5.74, 6) is 2.21. The normalized spacial score (nSPS) is 23.0. The molecule has 2 saturated heterocycles. The standard InChI is InChI=1S/C33H44N4O4/c1-40-30-12-10-26(11-13-30)22-36-23-29-7-2-3-9-31(29)41-20-6-8-28-24-37(33(39)25-36)18-14-27(28)21-32(38)34-15-19-35-16-4-5-17-35/h2-3,6-13,27-28H,4-5,14-25H2,1H3,(H,34,38)/b8-6+/t27-,28-/m0/s1. The van der Waals surface area contributed by atoms with Crippen molar-refractivity contribution in [2.75, 3.05) is 59.5 Å². The summed E-state index contributed by atoms with van der Waals surface area (Å²) in [4.78, 5) is 33.1. The number of fused-ring (bicyclic) bond motifs is 3. The van der Waals surface area contributed by atoms with Gasteiger partial charge in [-0.1, -0.05) is 42.5 Å². The second kappa shape index (κ2) is 14.5. The Balaban J connectivity index is 1.27. The second-order valence-electron chi connectivity index (χ2n) is 11.5. The number of likely N-dealkylation sites (tertiary alicyclic amines) is 1. The van der Waals surface area contributed by atoms with Gasteiger partial charge in [-0.15, -0.1) is 0 Å². The van der Waals surface area contributed by atoms with Crippen LogP contribution in [0.2, 0.25) is 0 Å². The lowest BCUT2D eigenvalue weighted by atomic mass is 9.82. The molecule has 0 aromatic heterocycles. The van der Waals surface area contributed by atoms with E-state index in [1.165, 1.54) is 12.8 Å². The third-order valence-electron chi connectivity index (χ3n) is 8.56. The molecule has 220 valence electrons. The van der Waals surface area contributed by atoms with E-state index in [9.17, 15) is 9.59 Å². The van der Waals surface area contributed by atoms with E-state index in [-0.39, 0.29) is 23.7 Å². The molecule has 2 amide bonds. The summed E-state index contributed by atoms with van der Waals surface area (Å²) in [6.45, 7) is 7.23. The van der Waals surface area contributed by atoms with Gasteiger partial charge >= 0.3 is 0 Å². The number of carbonyl (C=O) groups is 2. The highest BCUT2D eigenvalue weighted by Crippen LogP contribution is 2.29. The minimum Gasteiger partial charge on any atom is -0.497 e. The molecule has 2 fully saturated rings. The molecular weight excluding hydrogens is 516 g/mol. The van der Waals surface area contributed by atoms with Crippen LogP contribution in [0.4, 0.5) is 0 Å². The molecule has 3 aliphatic heterocycles. The van der Waals surface area contributed by atoms with Gasteiger partial charge in [0.1, 0.15) is 18.1 Å². The Morgan fingerprint density at radius 2 is 1.83 bits per heavy atom. The van der Waals surface area contributed by atoms with Crippen molar-refractivity contribution in [3.05, 3.63) is 71.8 Å². The van der Waals surface area contributed by atoms with Gasteiger partial charge in [-0.25, -0.2) is 0 Å². The topological polar surface area (TPSA) is 74.4 Å². The van der Waals surface area contributed by atoms with E-state index < -0.39 is 0 Å². The molecule has 3 heterocycles. The third kappa shape index (κ3) is 8.33. The zero-order valence-corrected chi connectivity index (χ0v) is 24.3. The zero-order chi connectivity index (χ0) is 28.4. The first-order valence-corrected chi connectivity index (χ1v) is 15.1. The summed E-state index contributed by atoms with van der Waals surface area (Å²) in [5.41, 5.74) is 2.18. The van der Waals surface area contributed by atoms with Crippen molar-refractivity contribution in [3.63, 3.8) is 0 Å². The molecule has 2 aromatic carbocycles. The number of methoxy groups -OCH3 is 1. The van der Waals surface area contributed by atoms with Gasteiger partial charge in [0.25, 0.3) is 0 Å². The zero-order valence-electron chi connectivity index (χ0n) is 24.3. The first-order valence-electron chi connectivity index (χ1n) is 15.1. The van der Waals surface area contributed by atoms with Crippen molar-refractivity contribution in [3.8, 4) is 11.5 Å². The van der Waals surface area contributed by atoms with Crippen LogP contribution in [0.25, 0.3) is 0 Å². The molecule has 0 radical (unpaired) electrons. The minimum atomic E-state index is 0.112. The largest absolute Gasteiger partial charge is 0.497 e. The fourth-order valence-corrected chi connectivity index (χ4v) is 6.23. The molecule has 2 aromatic rings. The van der Waals surface area contributed by atoms with Gasteiger partial charge in [-0.05, 0) is 68.0 Å². The van der Waals surface area contributed by atoms with Gasteiger partial charge in [0.05, 0.1) is 13.7 Å². The van der Waals surface area contributed by atoms with Crippen LogP contribution in [0, 0.1) is 11.8 Å². The summed E-state index contributed by atoms with van der Waals surface area (Å²) in [6, 6.07) is 16.1. The van der Waals surface area contributed by atoms with Crippen molar-refractivity contribution < 1.29 is 19.1 Å². The molecule has 0 unspecified atom stereocenters. The second-order valence-corrected chi connectivity index (χ2v) is 11.5. The quantitative estimate of drug-likeness (QED) is 0.497. The Morgan fingerprint density at radius 1 is 1.02 bits per heavy atom. The number of piperidine rings is 1. The Hall–Kier alpha value is -3.36. The predicted molar refractivity (Wildman–Crippen MR) is 160 cm³/mol. The Kier molecular flexibility index (Phi) is 10.3. The summed E-state index contributed by atoms with van der Waals surface area (Å²) in [7, 11) is 1.66. The number of carbonyl (C=O) groups excluding carboxylic acids is 2. The summed E-state index contributed by atoms with van der Waals surface area (Å²) in [5, 5.41) is 3.14. The van der Waals surface area contributed by atoms with E-state index in [4.69, 9.17) is 9.47 Å². The van der Waals surface area contributed by atoms with E-state index in [0.29, 0.717) is 52.3 Å². The lowest BCUT2D eigenvalue weighted by Gasteiger charge is -2.38. The lowest BCUT2D eigenvalue weighted by Crippen LogP contribution is -2.47. The van der Waals surface area contributed by atoms with Crippen LogP contribution in [0.1, 0.15) is 36.8 Å². The number of ether oxygens (including phenoxy) is 2. The van der Waals surface area contributed by atoms with Crippen molar-refractivity contribution in [1.29, 1.82) is 0 Å². The molecule has 41 heavy (non-hydrogen) atoms. The third-order valence-corrected chi connectivity index (χ3v) is 8.56. The predicted octanol–water partition coefficient (Wildman–Crippen LogP) is 3.71. The van der Waals surface area contributed by atoms with Gasteiger partial charge in [0.2, 0.25) is 11.8 Å². The van der Waals surface area contributed by atoms with Gasteiger partial charge in [-0.3, -0.25) is 14.5 Å². The number of rotatable bonds is 8. The Morgan fingerprint density at radius 3 is 2.63 bits per heavy atom. The van der Waals surface area contributed by atoms with Crippen LogP contribution in [0.3, 0.4) is 0 Å². The van der Waals surface area contributed by atoms with E-state index in [1.807, 2.05) is 35.2 Å². The molecule has 5 rings (SSSR count). The smallest absolute Gasteiger partial charge is 0.236 e. The first-order chi connectivity index (χ1) is 20.1. The van der Waals surface area contributed by atoms with E-state index in [1.54, 1.807) is 7.11 Å². The number of para-hydroxylation sites is 1. The van der Waals surface area contributed by atoms with Gasteiger partial charge in [0.15, 0.2) is 0 Å². The molecule has 2 atom stereocenters. The van der Waals surface area contributed by atoms with Crippen LogP contribution >= 0.6 is 0 Å². The van der Waals surface area contributed by atoms with Gasteiger partial charge in [0, 0.05) is 51.3 Å². The van der Waals surface area contributed by atoms with Crippen LogP contribution in [0.15, 0.2) is 60.7 Å². The fraction of sp³-hybridized carbons (Fsp3) is 0.515. The lowest BCUT2D eigenvalue weighted by molar-refractivity contribution is -0.135. The Labute approximate surface area is 244 Å². The van der Waals surface area contributed by atoms with Gasteiger partial charge < -0.3 is 24.6 Å². The summed E-state index contributed by atoms with van der Waals surface area (Å²) >= 11 is 0. The van der Waals surface area contributed by atoms with E-state index >= 15 is 0 Å². The van der Waals surface area contributed by atoms with Crippen LogP contribution < -0.4 is 14.8 Å². The van der Waals surface area contributed by atoms with Crippen LogP contribution in [-0.4, -0.2) is 86.0 Å². The maximum Gasteiger partial charge on any atom is 0.236 e. The SMILES string of the molecule is COc1ccc(CN2CC(=O)N3CC[C@@H](CC(=O)NCCN4CCCC4)[C@@H](/C=C/COc4ccccc4C2)C3)cc1. The number of amides is 2. The minimum absolute atomic E-state index is 0.112. The van der Waals surface area contributed by atoms with E-state index in [2.05, 4.69) is 45.5 Å². The molecule has 0 spiro atoms. The molecule has 8 nitrogen and oxygen atoms in total. The van der Waals surface area contributed by atoms with Crippen LogP contribution in [0.5, 0.6) is 11.5 Å².